The van der Waals surface area contributed by atoms with Gasteiger partial charge in [0, 0.05) is 38.5 Å². The van der Waals surface area contributed by atoms with Gasteiger partial charge in [-0.3, -0.25) is 4.79 Å². The number of nitrogens with zero attached hydrogens (tertiary/aromatic N) is 3. The highest BCUT2D eigenvalue weighted by Crippen LogP contribution is 2.34. The molecule has 4 rings (SSSR count). The van der Waals surface area contributed by atoms with Crippen molar-refractivity contribution in [2.45, 2.75) is 64.1 Å². The van der Waals surface area contributed by atoms with E-state index in [0.29, 0.717) is 29.7 Å². The number of ether oxygens (including phenoxy) is 3. The zero-order valence-corrected chi connectivity index (χ0v) is 22.0. The standard InChI is InChI=1S/C27H36ClN3O5/c1-18(23(32)14-19-9-12-34-13-10-19)20-4-6-21(7-5-20)36-22-8-11-31(15-22)25-24(28)26(30-17-29-25)35-16-27(2,3)33/h4-7,17-19,22,33H,8-16H2,1-3H3. The molecular weight excluding hydrogens is 482 g/mol. The number of Topliss-reactive ketones (excluding diaryl/α,β-unsaturated/α-hetero) is 1. The molecule has 2 saturated heterocycles. The number of benzene rings is 1. The van der Waals surface area contributed by atoms with E-state index in [0.717, 1.165) is 50.3 Å². The molecule has 1 aromatic carbocycles. The Hall–Kier alpha value is -2.42. The van der Waals surface area contributed by atoms with Gasteiger partial charge < -0.3 is 24.2 Å². The summed E-state index contributed by atoms with van der Waals surface area (Å²) in [6.45, 7) is 8.26. The molecule has 0 bridgehead atoms. The van der Waals surface area contributed by atoms with Gasteiger partial charge in [0.05, 0.1) is 12.1 Å². The molecule has 0 aliphatic carbocycles. The predicted octanol–water partition coefficient (Wildman–Crippen LogP) is 4.43. The highest BCUT2D eigenvalue weighted by atomic mass is 35.5. The van der Waals surface area contributed by atoms with E-state index in [1.54, 1.807) is 13.8 Å². The minimum Gasteiger partial charge on any atom is -0.489 e. The van der Waals surface area contributed by atoms with Crippen molar-refractivity contribution >= 4 is 23.2 Å². The van der Waals surface area contributed by atoms with Crippen LogP contribution in [0.1, 0.15) is 57.9 Å². The van der Waals surface area contributed by atoms with Gasteiger partial charge >= 0.3 is 0 Å². The maximum absolute atomic E-state index is 12.8. The Bertz CT molecular complexity index is 1020. The second kappa shape index (κ2) is 11.8. The van der Waals surface area contributed by atoms with Crippen molar-refractivity contribution in [3.05, 3.63) is 41.2 Å². The molecule has 1 aromatic heterocycles. The van der Waals surface area contributed by atoms with Crippen LogP contribution in [0.2, 0.25) is 5.02 Å². The minimum absolute atomic E-state index is 0.0183. The third-order valence-electron chi connectivity index (χ3n) is 6.74. The molecule has 3 heterocycles. The molecule has 36 heavy (non-hydrogen) atoms. The number of hydrogen-bond donors (Lipinski definition) is 1. The van der Waals surface area contributed by atoms with Gasteiger partial charge in [0.15, 0.2) is 5.82 Å². The van der Waals surface area contributed by atoms with Crippen molar-refractivity contribution in [1.82, 2.24) is 9.97 Å². The van der Waals surface area contributed by atoms with Crippen LogP contribution in [-0.4, -0.2) is 65.5 Å². The van der Waals surface area contributed by atoms with Gasteiger partial charge in [-0.1, -0.05) is 30.7 Å². The van der Waals surface area contributed by atoms with Crippen LogP contribution < -0.4 is 14.4 Å². The summed E-state index contributed by atoms with van der Waals surface area (Å²) in [6, 6.07) is 7.86. The van der Waals surface area contributed by atoms with E-state index in [4.69, 9.17) is 25.8 Å². The van der Waals surface area contributed by atoms with E-state index in [1.807, 2.05) is 31.2 Å². The number of ketones is 1. The fourth-order valence-electron chi connectivity index (χ4n) is 4.55. The second-order valence-corrected chi connectivity index (χ2v) is 10.8. The van der Waals surface area contributed by atoms with Gasteiger partial charge in [-0.15, -0.1) is 0 Å². The first-order valence-corrected chi connectivity index (χ1v) is 13.0. The van der Waals surface area contributed by atoms with Crippen LogP contribution in [0.25, 0.3) is 0 Å². The molecule has 2 aliphatic heterocycles. The number of aliphatic hydroxyl groups is 1. The maximum atomic E-state index is 12.8. The normalized spacial score (nSPS) is 19.8. The number of rotatable bonds is 10. The Labute approximate surface area is 217 Å². The third kappa shape index (κ3) is 7.08. The molecular formula is C27H36ClN3O5. The Morgan fingerprint density at radius 1 is 1.22 bits per heavy atom. The summed E-state index contributed by atoms with van der Waals surface area (Å²) in [5.74, 6) is 2.22. The van der Waals surface area contributed by atoms with Crippen LogP contribution in [0.3, 0.4) is 0 Å². The number of anilines is 1. The lowest BCUT2D eigenvalue weighted by molar-refractivity contribution is -0.121. The highest BCUT2D eigenvalue weighted by molar-refractivity contribution is 6.34. The van der Waals surface area contributed by atoms with Crippen molar-refractivity contribution in [3.63, 3.8) is 0 Å². The molecule has 0 radical (unpaired) electrons. The highest BCUT2D eigenvalue weighted by Gasteiger charge is 2.28. The topological polar surface area (TPSA) is 94.0 Å². The first-order valence-electron chi connectivity index (χ1n) is 12.7. The van der Waals surface area contributed by atoms with Crippen LogP contribution in [0, 0.1) is 5.92 Å². The Morgan fingerprint density at radius 2 is 1.94 bits per heavy atom. The molecule has 9 heteroatoms. The Kier molecular flexibility index (Phi) is 8.70. The lowest BCUT2D eigenvalue weighted by atomic mass is 9.87. The maximum Gasteiger partial charge on any atom is 0.238 e. The molecule has 2 fully saturated rings. The van der Waals surface area contributed by atoms with Crippen molar-refractivity contribution in [1.29, 1.82) is 0 Å². The van der Waals surface area contributed by atoms with Crippen LogP contribution in [0.5, 0.6) is 11.6 Å². The van der Waals surface area contributed by atoms with E-state index in [1.165, 1.54) is 6.33 Å². The monoisotopic (exact) mass is 517 g/mol. The molecule has 0 amide bonds. The number of carbonyl (C=O) groups excluding carboxylic acids is 1. The minimum atomic E-state index is -0.994. The van der Waals surface area contributed by atoms with E-state index in [2.05, 4.69) is 14.9 Å². The largest absolute Gasteiger partial charge is 0.489 e. The summed E-state index contributed by atoms with van der Waals surface area (Å²) < 4.78 is 17.2. The van der Waals surface area contributed by atoms with Crippen LogP contribution >= 0.6 is 11.6 Å². The number of halogens is 1. The van der Waals surface area contributed by atoms with Crippen molar-refractivity contribution < 1.29 is 24.1 Å². The van der Waals surface area contributed by atoms with E-state index < -0.39 is 5.60 Å². The van der Waals surface area contributed by atoms with Gasteiger partial charge in [0.25, 0.3) is 0 Å². The summed E-state index contributed by atoms with van der Waals surface area (Å²) in [4.78, 5) is 23.3. The molecule has 2 aromatic rings. The van der Waals surface area contributed by atoms with Crippen molar-refractivity contribution in [2.24, 2.45) is 5.92 Å². The van der Waals surface area contributed by atoms with E-state index >= 15 is 0 Å². The van der Waals surface area contributed by atoms with Crippen molar-refractivity contribution in [3.8, 4) is 11.6 Å². The van der Waals surface area contributed by atoms with Gasteiger partial charge in [-0.05, 0) is 50.3 Å². The van der Waals surface area contributed by atoms with E-state index in [-0.39, 0.29) is 30.3 Å². The average molecular weight is 518 g/mol. The molecule has 0 saturated carbocycles. The molecule has 2 atom stereocenters. The van der Waals surface area contributed by atoms with Crippen LogP contribution in [-0.2, 0) is 9.53 Å². The predicted molar refractivity (Wildman–Crippen MR) is 138 cm³/mol. The van der Waals surface area contributed by atoms with Crippen molar-refractivity contribution in [2.75, 3.05) is 37.8 Å². The Morgan fingerprint density at radius 3 is 2.64 bits per heavy atom. The quantitative estimate of drug-likeness (QED) is 0.494. The summed E-state index contributed by atoms with van der Waals surface area (Å²) in [6.07, 6.45) is 4.78. The lowest BCUT2D eigenvalue weighted by Gasteiger charge is -2.23. The van der Waals surface area contributed by atoms with Gasteiger partial charge in [0.1, 0.15) is 35.6 Å². The molecule has 0 spiro atoms. The van der Waals surface area contributed by atoms with Crippen LogP contribution in [0.4, 0.5) is 5.82 Å². The second-order valence-electron chi connectivity index (χ2n) is 10.4. The SMILES string of the molecule is CC(C(=O)CC1CCOCC1)c1ccc(OC2CCN(c3ncnc(OCC(C)(C)O)c3Cl)C2)cc1. The Balaban J connectivity index is 1.31. The summed E-state index contributed by atoms with van der Waals surface area (Å²) in [5, 5.41) is 10.2. The first-order chi connectivity index (χ1) is 17.2. The molecule has 2 aliphatic rings. The van der Waals surface area contributed by atoms with Crippen LogP contribution in [0.15, 0.2) is 30.6 Å². The zero-order chi connectivity index (χ0) is 25.7. The summed E-state index contributed by atoms with van der Waals surface area (Å²) in [7, 11) is 0. The first kappa shape index (κ1) is 26.6. The molecule has 1 N–H and O–H groups in total. The number of carbonyl (C=O) groups is 1. The van der Waals surface area contributed by atoms with E-state index in [9.17, 15) is 9.90 Å². The fraction of sp³-hybridized carbons (Fsp3) is 0.593. The zero-order valence-electron chi connectivity index (χ0n) is 21.3. The fourth-order valence-corrected chi connectivity index (χ4v) is 4.82. The summed E-state index contributed by atoms with van der Waals surface area (Å²) >= 11 is 6.51. The third-order valence-corrected chi connectivity index (χ3v) is 7.07. The smallest absolute Gasteiger partial charge is 0.238 e. The number of hydrogen-bond acceptors (Lipinski definition) is 8. The molecule has 196 valence electrons. The molecule has 2 unspecified atom stereocenters. The van der Waals surface area contributed by atoms with Gasteiger partial charge in [-0.25, -0.2) is 9.97 Å². The summed E-state index contributed by atoms with van der Waals surface area (Å²) in [5.41, 5.74) is 0.0192. The van der Waals surface area contributed by atoms with Gasteiger partial charge in [-0.2, -0.15) is 0 Å². The average Bonchev–Trinajstić information content (AvgIpc) is 3.31. The van der Waals surface area contributed by atoms with Gasteiger partial charge in [0.2, 0.25) is 5.88 Å². The molecule has 8 nitrogen and oxygen atoms in total. The lowest BCUT2D eigenvalue weighted by Crippen LogP contribution is -2.29. The number of aromatic nitrogens is 2.